The van der Waals surface area contributed by atoms with Crippen molar-refractivity contribution in [2.45, 2.75) is 13.5 Å². The van der Waals surface area contributed by atoms with Crippen molar-refractivity contribution in [3.05, 3.63) is 54.2 Å². The molecule has 0 atom stereocenters. The van der Waals surface area contributed by atoms with Crippen LogP contribution in [0.15, 0.2) is 48.7 Å². The largest absolute Gasteiger partial charge is 0.469 e. The summed E-state index contributed by atoms with van der Waals surface area (Å²) in [4.78, 5) is 23.8. The molecule has 0 spiro atoms. The minimum Gasteiger partial charge on any atom is -0.469 e. The molecule has 3 aromatic rings. The lowest BCUT2D eigenvalue weighted by molar-refractivity contribution is -0.151. The Kier molecular flexibility index (Phi) is 5.74. The number of ether oxygens (including phenoxy) is 1. The molecule has 32 heavy (non-hydrogen) atoms. The monoisotopic (exact) mass is 433 g/mol. The molecule has 7 nitrogen and oxygen atoms in total. The van der Waals surface area contributed by atoms with Crippen molar-refractivity contribution in [1.82, 2.24) is 14.5 Å². The predicted molar refractivity (Wildman–Crippen MR) is 127 cm³/mol. The van der Waals surface area contributed by atoms with Crippen LogP contribution in [0.3, 0.4) is 0 Å². The Bertz CT molecular complexity index is 1100. The predicted octanol–water partition coefficient (Wildman–Crippen LogP) is 2.78. The van der Waals surface area contributed by atoms with Crippen LogP contribution in [0, 0.1) is 12.8 Å². The summed E-state index contributed by atoms with van der Waals surface area (Å²) in [6, 6.07) is 15.1. The van der Waals surface area contributed by atoms with Gasteiger partial charge in [-0.3, -0.25) is 9.69 Å². The number of aryl methyl sites for hydroxylation is 1. The first-order valence-corrected chi connectivity index (χ1v) is 11.4. The molecule has 2 saturated heterocycles. The van der Waals surface area contributed by atoms with E-state index in [0.29, 0.717) is 0 Å². The van der Waals surface area contributed by atoms with Crippen LogP contribution in [0.25, 0.3) is 11.0 Å². The fraction of sp³-hybridized carbons (Fsp3) is 0.440. The fourth-order valence-electron chi connectivity index (χ4n) is 4.82. The highest BCUT2D eigenvalue weighted by molar-refractivity contribution is 5.78. The zero-order chi connectivity index (χ0) is 22.1. The van der Waals surface area contributed by atoms with E-state index in [0.717, 1.165) is 63.8 Å². The first-order valence-electron chi connectivity index (χ1n) is 11.4. The maximum atomic E-state index is 11.6. The van der Waals surface area contributed by atoms with Gasteiger partial charge in [-0.15, -0.1) is 0 Å². The Hall–Kier alpha value is -3.06. The van der Waals surface area contributed by atoms with E-state index in [1.54, 1.807) is 0 Å². The lowest BCUT2D eigenvalue weighted by Crippen LogP contribution is -2.51. The van der Waals surface area contributed by atoms with Crippen LogP contribution in [0.4, 0.5) is 11.5 Å². The van der Waals surface area contributed by atoms with Crippen LogP contribution in [-0.2, 0) is 16.1 Å². The van der Waals surface area contributed by atoms with Gasteiger partial charge in [-0.25, -0.2) is 4.98 Å². The summed E-state index contributed by atoms with van der Waals surface area (Å²) in [5.41, 5.74) is 3.71. The van der Waals surface area contributed by atoms with Crippen molar-refractivity contribution in [2.24, 2.45) is 5.92 Å². The summed E-state index contributed by atoms with van der Waals surface area (Å²) >= 11 is 0. The van der Waals surface area contributed by atoms with Crippen molar-refractivity contribution in [1.29, 1.82) is 0 Å². The van der Waals surface area contributed by atoms with Crippen LogP contribution in [0.1, 0.15) is 5.56 Å². The number of methoxy groups -OCH3 is 1. The number of hydrogen-bond donors (Lipinski definition) is 0. The Balaban J connectivity index is 1.22. The molecule has 0 bridgehead atoms. The van der Waals surface area contributed by atoms with E-state index < -0.39 is 0 Å². The van der Waals surface area contributed by atoms with Gasteiger partial charge in [0.1, 0.15) is 11.5 Å². The van der Waals surface area contributed by atoms with Gasteiger partial charge in [-0.05, 0) is 36.8 Å². The highest BCUT2D eigenvalue weighted by Crippen LogP contribution is 2.24. The second kappa shape index (κ2) is 8.82. The van der Waals surface area contributed by atoms with Gasteiger partial charge in [0, 0.05) is 69.6 Å². The van der Waals surface area contributed by atoms with Gasteiger partial charge in [0.05, 0.1) is 13.0 Å². The summed E-state index contributed by atoms with van der Waals surface area (Å²) in [5, 5.41) is 1.17. The number of fused-ring (bicyclic) bond motifs is 1. The Morgan fingerprint density at radius 2 is 1.75 bits per heavy atom. The van der Waals surface area contributed by atoms with E-state index in [1.807, 2.05) is 0 Å². The Morgan fingerprint density at radius 3 is 2.50 bits per heavy atom. The summed E-state index contributed by atoms with van der Waals surface area (Å²) in [6.07, 6.45) is 2.12. The maximum absolute atomic E-state index is 11.6. The van der Waals surface area contributed by atoms with Crippen LogP contribution < -0.4 is 9.80 Å². The Morgan fingerprint density at radius 1 is 1.00 bits per heavy atom. The highest BCUT2D eigenvalue weighted by Gasteiger charge is 2.33. The molecule has 0 N–H and O–H groups in total. The number of benzene rings is 1. The van der Waals surface area contributed by atoms with Gasteiger partial charge in [-0.2, -0.15) is 0 Å². The molecule has 0 saturated carbocycles. The third-order valence-corrected chi connectivity index (χ3v) is 6.81. The van der Waals surface area contributed by atoms with Crippen LogP contribution in [0.2, 0.25) is 0 Å². The van der Waals surface area contributed by atoms with E-state index in [2.05, 4.69) is 74.9 Å². The molecule has 0 aliphatic carbocycles. The van der Waals surface area contributed by atoms with Crippen LogP contribution >= 0.6 is 0 Å². The number of piperazine rings is 1. The topological polar surface area (TPSA) is 53.8 Å². The SMILES string of the molecule is COC(=O)C1CN(CCn2ccc3ccc(N4CCN(c5ccccc5C)CC4)nc32)C1. The molecule has 168 valence electrons. The first kappa shape index (κ1) is 20.8. The number of hydrogen-bond acceptors (Lipinski definition) is 6. The average Bonchev–Trinajstić information content (AvgIpc) is 3.20. The lowest BCUT2D eigenvalue weighted by atomic mass is 10.0. The standard InChI is InChI=1S/C25H31N5O2/c1-19-5-3-4-6-22(19)28-13-15-29(16-14-28)23-8-7-20-9-10-30(24(20)26-23)12-11-27-17-21(18-27)25(31)32-2/h3-10,21H,11-18H2,1-2H3. The van der Waals surface area contributed by atoms with E-state index in [4.69, 9.17) is 9.72 Å². The molecule has 5 rings (SSSR count). The molecule has 2 aromatic heterocycles. The molecule has 7 heteroatoms. The van der Waals surface area contributed by atoms with E-state index >= 15 is 0 Å². The summed E-state index contributed by atoms with van der Waals surface area (Å²) in [6.45, 7) is 9.48. The summed E-state index contributed by atoms with van der Waals surface area (Å²) in [5.74, 6) is 0.988. The maximum Gasteiger partial charge on any atom is 0.311 e. The van der Waals surface area contributed by atoms with Crippen LogP contribution in [-0.4, -0.2) is 73.3 Å². The molecule has 2 aliphatic heterocycles. The number of anilines is 2. The number of likely N-dealkylation sites (tertiary alicyclic amines) is 1. The quantitative estimate of drug-likeness (QED) is 0.558. The number of rotatable bonds is 6. The van der Waals surface area contributed by atoms with Crippen molar-refractivity contribution < 1.29 is 9.53 Å². The zero-order valence-electron chi connectivity index (χ0n) is 18.9. The van der Waals surface area contributed by atoms with Gasteiger partial charge in [0.2, 0.25) is 0 Å². The normalized spacial score (nSPS) is 17.6. The number of nitrogens with zero attached hydrogens (tertiary/aromatic N) is 5. The third kappa shape index (κ3) is 4.05. The third-order valence-electron chi connectivity index (χ3n) is 6.81. The molecule has 0 amide bonds. The molecule has 4 heterocycles. The zero-order valence-corrected chi connectivity index (χ0v) is 18.9. The number of pyridine rings is 1. The second-order valence-electron chi connectivity index (χ2n) is 8.83. The van der Waals surface area contributed by atoms with Crippen molar-refractivity contribution in [2.75, 3.05) is 62.7 Å². The van der Waals surface area contributed by atoms with E-state index in [9.17, 15) is 4.79 Å². The number of esters is 1. The summed E-state index contributed by atoms with van der Waals surface area (Å²) < 4.78 is 7.06. The fourth-order valence-corrected chi connectivity index (χ4v) is 4.82. The number of carbonyl (C=O) groups excluding carboxylic acids is 1. The number of para-hydroxylation sites is 1. The molecule has 0 radical (unpaired) electrons. The van der Waals surface area contributed by atoms with Crippen molar-refractivity contribution >= 4 is 28.5 Å². The van der Waals surface area contributed by atoms with Crippen molar-refractivity contribution in [3.8, 4) is 0 Å². The minimum atomic E-state index is -0.0958. The second-order valence-corrected chi connectivity index (χ2v) is 8.83. The van der Waals surface area contributed by atoms with Crippen molar-refractivity contribution in [3.63, 3.8) is 0 Å². The van der Waals surface area contributed by atoms with Gasteiger partial charge in [0.15, 0.2) is 0 Å². The average molecular weight is 434 g/mol. The van der Waals surface area contributed by atoms with E-state index in [-0.39, 0.29) is 11.9 Å². The van der Waals surface area contributed by atoms with E-state index in [1.165, 1.54) is 23.7 Å². The van der Waals surface area contributed by atoms with Gasteiger partial charge < -0.3 is 19.1 Å². The van der Waals surface area contributed by atoms with Gasteiger partial charge in [0.25, 0.3) is 0 Å². The molecule has 2 fully saturated rings. The van der Waals surface area contributed by atoms with Gasteiger partial charge in [-0.1, -0.05) is 18.2 Å². The number of carbonyl (C=O) groups is 1. The summed E-state index contributed by atoms with van der Waals surface area (Å²) in [7, 11) is 1.46. The molecular weight excluding hydrogens is 402 g/mol. The Labute approximate surface area is 189 Å². The van der Waals surface area contributed by atoms with Crippen LogP contribution in [0.5, 0.6) is 0 Å². The minimum absolute atomic E-state index is 0.0319. The molecule has 1 aromatic carbocycles. The molecule has 0 unspecified atom stereocenters. The van der Waals surface area contributed by atoms with Gasteiger partial charge >= 0.3 is 5.97 Å². The number of aromatic nitrogens is 2. The first-order chi connectivity index (χ1) is 15.6. The highest BCUT2D eigenvalue weighted by atomic mass is 16.5. The smallest absolute Gasteiger partial charge is 0.311 e. The molecule has 2 aliphatic rings. The molecular formula is C25H31N5O2. The lowest BCUT2D eigenvalue weighted by Gasteiger charge is -2.37.